The minimum atomic E-state index is 0. The van der Waals surface area contributed by atoms with Crippen LogP contribution in [0.1, 0.15) is 28.9 Å². The number of nitrogens with one attached hydrogen (secondary N) is 1. The Bertz CT molecular complexity index is 1190. The molecule has 0 bridgehead atoms. The van der Waals surface area contributed by atoms with Gasteiger partial charge in [0.25, 0.3) is 0 Å². The molecule has 3 aromatic rings. The van der Waals surface area contributed by atoms with E-state index >= 15 is 0 Å². The summed E-state index contributed by atoms with van der Waals surface area (Å²) in [4.78, 5) is 17.7. The van der Waals surface area contributed by atoms with E-state index in [1.165, 1.54) is 0 Å². The van der Waals surface area contributed by atoms with Gasteiger partial charge >= 0.3 is 0 Å². The summed E-state index contributed by atoms with van der Waals surface area (Å²) >= 11 is 0. The number of methoxy groups -OCH3 is 3. The second kappa shape index (κ2) is 8.63. The SMILES string of the molecule is COc1cc(Nc2c3c(nc4cc5c(cc24)OCO5)CCCC3=O)cc(OC)c1OC.Cl. The largest absolute Gasteiger partial charge is 0.493 e. The van der Waals surface area contributed by atoms with Crippen molar-refractivity contribution in [2.45, 2.75) is 19.3 Å². The number of benzene rings is 2. The fraction of sp³-hybridized carbons (Fsp3) is 0.304. The summed E-state index contributed by atoms with van der Waals surface area (Å²) in [5, 5.41) is 4.21. The summed E-state index contributed by atoms with van der Waals surface area (Å²) in [7, 11) is 4.69. The van der Waals surface area contributed by atoms with Crippen LogP contribution >= 0.6 is 12.4 Å². The number of ether oxygens (including phenoxy) is 5. The van der Waals surface area contributed by atoms with Crippen molar-refractivity contribution in [2.75, 3.05) is 33.4 Å². The van der Waals surface area contributed by atoms with Crippen LogP contribution < -0.4 is 29.0 Å². The Hall–Kier alpha value is -3.39. The van der Waals surface area contributed by atoms with Crippen LogP contribution in [0.5, 0.6) is 28.7 Å². The van der Waals surface area contributed by atoms with Crippen LogP contribution in [0.15, 0.2) is 24.3 Å². The van der Waals surface area contributed by atoms with Crippen molar-refractivity contribution in [3.05, 3.63) is 35.5 Å². The third-order valence-corrected chi connectivity index (χ3v) is 5.58. The van der Waals surface area contributed by atoms with Crippen LogP contribution in [0.4, 0.5) is 11.4 Å². The lowest BCUT2D eigenvalue weighted by molar-refractivity contribution is 0.0972. The van der Waals surface area contributed by atoms with Gasteiger partial charge in [0.2, 0.25) is 12.5 Å². The first-order valence-corrected chi connectivity index (χ1v) is 9.99. The predicted octanol–water partition coefficient (Wildman–Crippen LogP) is 4.67. The van der Waals surface area contributed by atoms with Gasteiger partial charge in [0.15, 0.2) is 28.8 Å². The van der Waals surface area contributed by atoms with E-state index < -0.39 is 0 Å². The molecule has 9 heteroatoms. The monoisotopic (exact) mass is 458 g/mol. The Morgan fingerprint density at radius 1 is 0.938 bits per heavy atom. The molecular formula is C23H23ClN2O6. The number of rotatable bonds is 5. The highest BCUT2D eigenvalue weighted by Gasteiger charge is 2.27. The Kier molecular flexibility index (Phi) is 5.88. The van der Waals surface area contributed by atoms with Crippen LogP contribution in [-0.4, -0.2) is 38.9 Å². The smallest absolute Gasteiger partial charge is 0.231 e. The number of pyridine rings is 1. The summed E-state index contributed by atoms with van der Waals surface area (Å²) < 4.78 is 27.5. The number of ketones is 1. The molecule has 0 unspecified atom stereocenters. The van der Waals surface area contributed by atoms with E-state index in [0.29, 0.717) is 52.1 Å². The molecule has 32 heavy (non-hydrogen) atoms. The van der Waals surface area contributed by atoms with Gasteiger partial charge in [-0.1, -0.05) is 0 Å². The van der Waals surface area contributed by atoms with Crippen molar-refractivity contribution in [1.29, 1.82) is 0 Å². The summed E-state index contributed by atoms with van der Waals surface area (Å²) in [5.41, 5.74) is 3.54. The Balaban J connectivity index is 0.00000245. The molecule has 2 aromatic carbocycles. The first kappa shape index (κ1) is 21.8. The molecule has 2 aliphatic rings. The van der Waals surface area contributed by atoms with E-state index in [1.807, 2.05) is 12.1 Å². The van der Waals surface area contributed by atoms with Crippen molar-refractivity contribution >= 4 is 40.5 Å². The molecule has 1 aromatic heterocycles. The molecule has 1 aliphatic heterocycles. The number of carbonyl (C=O) groups is 1. The van der Waals surface area contributed by atoms with Crippen molar-refractivity contribution in [3.8, 4) is 28.7 Å². The van der Waals surface area contributed by atoms with Crippen molar-refractivity contribution in [2.24, 2.45) is 0 Å². The van der Waals surface area contributed by atoms with Crippen LogP contribution in [-0.2, 0) is 6.42 Å². The zero-order valence-corrected chi connectivity index (χ0v) is 18.8. The van der Waals surface area contributed by atoms with Gasteiger partial charge in [0, 0.05) is 35.7 Å². The molecule has 0 saturated heterocycles. The Labute approximate surface area is 191 Å². The zero-order chi connectivity index (χ0) is 21.5. The van der Waals surface area contributed by atoms with Gasteiger partial charge < -0.3 is 29.0 Å². The van der Waals surface area contributed by atoms with Gasteiger partial charge in [-0.3, -0.25) is 9.78 Å². The van der Waals surface area contributed by atoms with E-state index in [0.717, 1.165) is 29.4 Å². The van der Waals surface area contributed by atoms with Crippen molar-refractivity contribution in [1.82, 2.24) is 4.98 Å². The van der Waals surface area contributed by atoms with Gasteiger partial charge in [0.1, 0.15) is 0 Å². The molecule has 0 radical (unpaired) electrons. The number of hydrogen-bond donors (Lipinski definition) is 1. The molecule has 0 spiro atoms. The summed E-state index contributed by atoms with van der Waals surface area (Å²) in [6.07, 6.45) is 2.03. The summed E-state index contributed by atoms with van der Waals surface area (Å²) in [6, 6.07) is 7.34. The van der Waals surface area contributed by atoms with E-state index in [4.69, 9.17) is 28.7 Å². The summed E-state index contributed by atoms with van der Waals surface area (Å²) in [6.45, 7) is 0.167. The second-order valence-corrected chi connectivity index (χ2v) is 7.35. The van der Waals surface area contributed by atoms with Gasteiger partial charge in [-0.15, -0.1) is 12.4 Å². The number of fused-ring (bicyclic) bond motifs is 3. The molecule has 2 heterocycles. The molecule has 1 N–H and O–H groups in total. The Morgan fingerprint density at radius 2 is 1.62 bits per heavy atom. The number of nitrogens with zero attached hydrogens (tertiary/aromatic N) is 1. The number of Topliss-reactive ketones (excluding diaryl/α,β-unsaturated/α-hetero) is 1. The van der Waals surface area contributed by atoms with E-state index in [-0.39, 0.29) is 25.0 Å². The topological polar surface area (TPSA) is 88.1 Å². The van der Waals surface area contributed by atoms with Gasteiger partial charge in [0.05, 0.1) is 43.8 Å². The van der Waals surface area contributed by atoms with Crippen LogP contribution in [0, 0.1) is 0 Å². The first-order chi connectivity index (χ1) is 15.1. The highest BCUT2D eigenvalue weighted by atomic mass is 35.5. The lowest BCUT2D eigenvalue weighted by Crippen LogP contribution is -2.15. The van der Waals surface area contributed by atoms with Crippen LogP contribution in [0.2, 0.25) is 0 Å². The fourth-order valence-corrected chi connectivity index (χ4v) is 4.15. The minimum Gasteiger partial charge on any atom is -0.493 e. The van der Waals surface area contributed by atoms with E-state index in [1.54, 1.807) is 33.5 Å². The number of anilines is 2. The maximum Gasteiger partial charge on any atom is 0.231 e. The van der Waals surface area contributed by atoms with E-state index in [2.05, 4.69) is 5.32 Å². The van der Waals surface area contributed by atoms with Crippen molar-refractivity contribution in [3.63, 3.8) is 0 Å². The number of hydrogen-bond acceptors (Lipinski definition) is 8. The predicted molar refractivity (Wildman–Crippen MR) is 122 cm³/mol. The van der Waals surface area contributed by atoms with Crippen LogP contribution in [0.25, 0.3) is 10.9 Å². The molecule has 0 amide bonds. The number of aryl methyl sites for hydroxylation is 1. The van der Waals surface area contributed by atoms with Gasteiger partial charge in [-0.05, 0) is 18.9 Å². The quantitative estimate of drug-likeness (QED) is 0.590. The summed E-state index contributed by atoms with van der Waals surface area (Å²) in [5.74, 6) is 2.88. The number of halogens is 1. The average molecular weight is 459 g/mol. The highest BCUT2D eigenvalue weighted by Crippen LogP contribution is 2.44. The molecule has 168 valence electrons. The zero-order valence-electron chi connectivity index (χ0n) is 17.9. The Morgan fingerprint density at radius 3 is 2.28 bits per heavy atom. The van der Waals surface area contributed by atoms with Gasteiger partial charge in [-0.2, -0.15) is 0 Å². The fourth-order valence-electron chi connectivity index (χ4n) is 4.15. The molecule has 1 aliphatic carbocycles. The molecule has 0 atom stereocenters. The lowest BCUT2D eigenvalue weighted by atomic mass is 9.91. The third kappa shape index (κ3) is 3.50. The minimum absolute atomic E-state index is 0. The standard InChI is InChI=1S/C23H22N2O6.ClH/c1-27-19-7-12(8-20(28-2)23(19)29-3)24-22-13-9-17-18(31-11-30-17)10-15(13)25-14-5-4-6-16(26)21(14)22;/h7-10H,4-6,11H2,1-3H3,(H,24,25);1H. The maximum atomic E-state index is 12.9. The average Bonchev–Trinajstić information content (AvgIpc) is 3.24. The second-order valence-electron chi connectivity index (χ2n) is 7.35. The molecule has 0 fully saturated rings. The maximum absolute atomic E-state index is 12.9. The highest BCUT2D eigenvalue weighted by molar-refractivity contribution is 6.11. The van der Waals surface area contributed by atoms with Crippen LogP contribution in [0.3, 0.4) is 0 Å². The molecular weight excluding hydrogens is 436 g/mol. The number of carbonyl (C=O) groups excluding carboxylic acids is 1. The van der Waals surface area contributed by atoms with E-state index in [9.17, 15) is 4.79 Å². The lowest BCUT2D eigenvalue weighted by Gasteiger charge is -2.22. The third-order valence-electron chi connectivity index (χ3n) is 5.58. The number of aromatic nitrogens is 1. The molecule has 8 nitrogen and oxygen atoms in total. The molecule has 0 saturated carbocycles. The first-order valence-electron chi connectivity index (χ1n) is 9.99. The molecule has 5 rings (SSSR count). The normalized spacial score (nSPS) is 13.9. The van der Waals surface area contributed by atoms with Gasteiger partial charge in [-0.25, -0.2) is 0 Å². The van der Waals surface area contributed by atoms with Crippen molar-refractivity contribution < 1.29 is 28.5 Å².